The fraction of sp³-hybridized carbons (Fsp3) is 0. The monoisotopic (exact) mass is 930 g/mol. The van der Waals surface area contributed by atoms with Crippen LogP contribution in [0.3, 0.4) is 0 Å². The summed E-state index contributed by atoms with van der Waals surface area (Å²) in [6, 6.07) is 101. The number of benzene rings is 12. The van der Waals surface area contributed by atoms with Gasteiger partial charge in [0.1, 0.15) is 11.2 Å². The summed E-state index contributed by atoms with van der Waals surface area (Å²) in [6.07, 6.45) is 0. The summed E-state index contributed by atoms with van der Waals surface area (Å²) in [5.41, 5.74) is 20.3. The van der Waals surface area contributed by atoms with E-state index in [1.807, 2.05) is 12.1 Å². The Balaban J connectivity index is 0.803. The van der Waals surface area contributed by atoms with Gasteiger partial charge in [0.2, 0.25) is 0 Å². The molecule has 3 heteroatoms. The van der Waals surface area contributed by atoms with E-state index in [4.69, 9.17) is 4.42 Å². The van der Waals surface area contributed by atoms with Crippen LogP contribution in [-0.2, 0) is 0 Å². The van der Waals surface area contributed by atoms with Crippen molar-refractivity contribution in [3.05, 3.63) is 279 Å². The van der Waals surface area contributed by atoms with Crippen LogP contribution in [0.1, 0.15) is 0 Å². The molecule has 342 valence electrons. The van der Waals surface area contributed by atoms with Crippen molar-refractivity contribution in [2.75, 3.05) is 4.90 Å². The summed E-state index contributed by atoms with van der Waals surface area (Å²) in [7, 11) is 0. The molecule has 0 amide bonds. The van der Waals surface area contributed by atoms with Crippen molar-refractivity contribution in [2.24, 2.45) is 0 Å². The molecule has 0 aliphatic heterocycles. The van der Waals surface area contributed by atoms with Crippen molar-refractivity contribution >= 4 is 71.6 Å². The predicted octanol–water partition coefficient (Wildman–Crippen LogP) is 19.6. The fourth-order valence-electron chi connectivity index (χ4n) is 10.9. The Kier molecular flexibility index (Phi) is 10.2. The van der Waals surface area contributed by atoms with Gasteiger partial charge in [-0.1, -0.05) is 194 Å². The Bertz CT molecular complexity index is 4300. The molecule has 0 spiro atoms. The number of hydrogen-bond donors (Lipinski definition) is 0. The van der Waals surface area contributed by atoms with Crippen molar-refractivity contribution in [3.8, 4) is 61.3 Å². The molecule has 0 radical (unpaired) electrons. The number of furan rings is 1. The van der Waals surface area contributed by atoms with E-state index >= 15 is 0 Å². The molecule has 2 aromatic heterocycles. The molecule has 0 unspecified atom stereocenters. The highest BCUT2D eigenvalue weighted by Crippen LogP contribution is 2.41. The number of aromatic nitrogens is 1. The van der Waals surface area contributed by atoms with E-state index in [-0.39, 0.29) is 0 Å². The Morgan fingerprint density at radius 2 is 0.699 bits per heavy atom. The molecule has 73 heavy (non-hydrogen) atoms. The standard InChI is InChI=1S/C70H46N2O/c1-2-13-53-45-56(29-28-47(53)12-1)55-15-11-14-54(44-55)50-26-24-48(25-27-50)49-30-37-58(38-31-49)71(59-39-32-51(33-40-59)57-36-43-70-65(46-57)64-19-6-10-23-69(64)73-70)60-41-34-52(35-42-60)61-16-3-7-20-66(61)72-67-21-8-4-17-62(67)63-18-5-9-22-68(63)72/h1-46H. The fourth-order valence-corrected chi connectivity index (χ4v) is 10.9. The second kappa shape index (κ2) is 17.6. The van der Waals surface area contributed by atoms with Crippen molar-refractivity contribution in [1.82, 2.24) is 4.57 Å². The number of anilines is 3. The average molecular weight is 931 g/mol. The molecule has 0 saturated carbocycles. The maximum absolute atomic E-state index is 6.17. The third-order valence-electron chi connectivity index (χ3n) is 14.6. The Morgan fingerprint density at radius 1 is 0.260 bits per heavy atom. The highest BCUT2D eigenvalue weighted by Gasteiger charge is 2.18. The van der Waals surface area contributed by atoms with Crippen molar-refractivity contribution in [3.63, 3.8) is 0 Å². The normalized spacial score (nSPS) is 11.6. The molecule has 0 N–H and O–H groups in total. The van der Waals surface area contributed by atoms with E-state index in [0.29, 0.717) is 0 Å². The van der Waals surface area contributed by atoms with E-state index in [1.54, 1.807) is 0 Å². The smallest absolute Gasteiger partial charge is 0.135 e. The zero-order chi connectivity index (χ0) is 48.2. The topological polar surface area (TPSA) is 21.3 Å². The molecule has 14 aromatic rings. The van der Waals surface area contributed by atoms with Gasteiger partial charge in [0.25, 0.3) is 0 Å². The number of para-hydroxylation sites is 4. The van der Waals surface area contributed by atoms with Gasteiger partial charge in [-0.15, -0.1) is 0 Å². The SMILES string of the molecule is c1cc(-c2ccc(-c3ccc(N(c4ccc(-c5ccc6oc7ccccc7c6c5)cc4)c4ccc(-c5ccccc5-n5c6ccccc6c6ccccc65)cc4)cc3)cc2)cc(-c2ccc3ccccc3c2)c1. The molecule has 0 aliphatic rings. The number of nitrogens with zero attached hydrogens (tertiary/aromatic N) is 2. The first-order valence-electron chi connectivity index (χ1n) is 25.0. The van der Waals surface area contributed by atoms with E-state index in [9.17, 15) is 0 Å². The van der Waals surface area contributed by atoms with Gasteiger partial charge in [-0.05, 0) is 146 Å². The largest absolute Gasteiger partial charge is 0.456 e. The van der Waals surface area contributed by atoms with Crippen molar-refractivity contribution < 1.29 is 4.42 Å². The molecule has 0 fully saturated rings. The Labute approximate surface area is 423 Å². The second-order valence-electron chi connectivity index (χ2n) is 18.9. The van der Waals surface area contributed by atoms with Crippen LogP contribution >= 0.6 is 0 Å². The lowest BCUT2D eigenvalue weighted by Gasteiger charge is -2.26. The molecular formula is C70H46N2O. The van der Waals surface area contributed by atoms with Crippen LogP contribution in [0.25, 0.3) is 116 Å². The van der Waals surface area contributed by atoms with Crippen LogP contribution in [-0.4, -0.2) is 4.57 Å². The maximum Gasteiger partial charge on any atom is 0.135 e. The van der Waals surface area contributed by atoms with Crippen molar-refractivity contribution in [2.45, 2.75) is 0 Å². The van der Waals surface area contributed by atoms with Crippen LogP contribution in [0.5, 0.6) is 0 Å². The molecule has 0 bridgehead atoms. The quantitative estimate of drug-likeness (QED) is 0.144. The minimum Gasteiger partial charge on any atom is -0.456 e. The van der Waals surface area contributed by atoms with Crippen LogP contribution in [0.2, 0.25) is 0 Å². The van der Waals surface area contributed by atoms with Gasteiger partial charge >= 0.3 is 0 Å². The highest BCUT2D eigenvalue weighted by atomic mass is 16.3. The van der Waals surface area contributed by atoms with Crippen LogP contribution < -0.4 is 4.90 Å². The Morgan fingerprint density at radius 3 is 1.36 bits per heavy atom. The summed E-state index contributed by atoms with van der Waals surface area (Å²) in [4.78, 5) is 2.36. The summed E-state index contributed by atoms with van der Waals surface area (Å²) < 4.78 is 8.58. The van der Waals surface area contributed by atoms with Gasteiger partial charge in [0.15, 0.2) is 0 Å². The summed E-state index contributed by atoms with van der Waals surface area (Å²) in [5, 5.41) is 7.27. The zero-order valence-corrected chi connectivity index (χ0v) is 39.9. The lowest BCUT2D eigenvalue weighted by atomic mass is 9.96. The second-order valence-corrected chi connectivity index (χ2v) is 18.9. The van der Waals surface area contributed by atoms with Gasteiger partial charge in [0.05, 0.1) is 16.7 Å². The average Bonchev–Trinajstić information content (AvgIpc) is 4.01. The molecule has 0 atom stereocenters. The third kappa shape index (κ3) is 7.54. The first kappa shape index (κ1) is 42.2. The van der Waals surface area contributed by atoms with E-state index in [0.717, 1.165) is 66.9 Å². The molecule has 14 rings (SSSR count). The summed E-state index contributed by atoms with van der Waals surface area (Å²) in [5.74, 6) is 0. The molecule has 2 heterocycles. The van der Waals surface area contributed by atoms with Crippen molar-refractivity contribution in [1.29, 1.82) is 0 Å². The number of rotatable bonds is 9. The first-order chi connectivity index (χ1) is 36.2. The maximum atomic E-state index is 6.17. The van der Waals surface area contributed by atoms with Crippen LogP contribution in [0.15, 0.2) is 283 Å². The predicted molar refractivity (Wildman–Crippen MR) is 307 cm³/mol. The summed E-state index contributed by atoms with van der Waals surface area (Å²) in [6.45, 7) is 0. The van der Waals surface area contributed by atoms with Gasteiger partial charge in [-0.2, -0.15) is 0 Å². The number of fused-ring (bicyclic) bond motifs is 7. The van der Waals surface area contributed by atoms with E-state index < -0.39 is 0 Å². The third-order valence-corrected chi connectivity index (χ3v) is 14.6. The first-order valence-corrected chi connectivity index (χ1v) is 25.0. The number of hydrogen-bond acceptors (Lipinski definition) is 2. The zero-order valence-electron chi connectivity index (χ0n) is 39.9. The Hall–Kier alpha value is -9.70. The van der Waals surface area contributed by atoms with Gasteiger partial charge in [0, 0.05) is 44.2 Å². The summed E-state index contributed by atoms with van der Waals surface area (Å²) >= 11 is 0. The molecule has 12 aromatic carbocycles. The van der Waals surface area contributed by atoms with E-state index in [2.05, 4.69) is 276 Å². The molecule has 0 saturated heterocycles. The van der Waals surface area contributed by atoms with Gasteiger partial charge in [-0.3, -0.25) is 0 Å². The molecule has 0 aliphatic carbocycles. The van der Waals surface area contributed by atoms with Crippen LogP contribution in [0.4, 0.5) is 17.1 Å². The van der Waals surface area contributed by atoms with Gasteiger partial charge < -0.3 is 13.9 Å². The lowest BCUT2D eigenvalue weighted by Crippen LogP contribution is -2.09. The van der Waals surface area contributed by atoms with Crippen LogP contribution in [0, 0.1) is 0 Å². The highest BCUT2D eigenvalue weighted by molar-refractivity contribution is 6.10. The minimum atomic E-state index is 0.899. The minimum absolute atomic E-state index is 0.899. The lowest BCUT2D eigenvalue weighted by molar-refractivity contribution is 0.669. The molecule has 3 nitrogen and oxygen atoms in total. The van der Waals surface area contributed by atoms with E-state index in [1.165, 1.54) is 66.0 Å². The van der Waals surface area contributed by atoms with Gasteiger partial charge in [-0.25, -0.2) is 0 Å². The molecular weight excluding hydrogens is 885 g/mol.